The molecule has 0 aliphatic heterocycles. The van der Waals surface area contributed by atoms with Gasteiger partial charge < -0.3 is 5.73 Å². The molecule has 2 nitrogen and oxygen atoms in total. The van der Waals surface area contributed by atoms with Crippen molar-refractivity contribution >= 4 is 5.78 Å². The van der Waals surface area contributed by atoms with Gasteiger partial charge in [-0.25, -0.2) is 0 Å². The first-order valence-corrected chi connectivity index (χ1v) is 8.42. The van der Waals surface area contributed by atoms with Crippen molar-refractivity contribution in [3.63, 3.8) is 0 Å². The smallest absolute Gasteiger partial charge is 0.134 e. The van der Waals surface area contributed by atoms with E-state index in [1.54, 1.807) is 6.92 Å². The van der Waals surface area contributed by atoms with Crippen LogP contribution in [0.2, 0.25) is 0 Å². The first-order valence-electron chi connectivity index (χ1n) is 8.42. The molecule has 0 amide bonds. The molecule has 0 aromatic carbocycles. The molecule has 114 valence electrons. The first-order chi connectivity index (χ1) is 9.22. The summed E-state index contributed by atoms with van der Waals surface area (Å²) in [5, 5.41) is 0. The molecule has 0 fully saturated rings. The maximum Gasteiger partial charge on any atom is 0.134 e. The molecule has 2 heteroatoms. The average Bonchev–Trinajstić information content (AvgIpc) is 2.40. The molecule has 0 aliphatic carbocycles. The monoisotopic (exact) mass is 269 g/mol. The number of unbranched alkanes of at least 4 members (excludes halogenated alkanes) is 10. The highest BCUT2D eigenvalue weighted by molar-refractivity contribution is 5.78. The normalized spacial score (nSPS) is 12.6. The molecule has 2 N–H and O–H groups in total. The van der Waals surface area contributed by atoms with Crippen LogP contribution in [0.25, 0.3) is 0 Å². The van der Waals surface area contributed by atoms with Crippen LogP contribution in [0.4, 0.5) is 0 Å². The van der Waals surface area contributed by atoms with Crippen LogP contribution in [0, 0.1) is 5.92 Å². The van der Waals surface area contributed by atoms with Gasteiger partial charge in [-0.1, -0.05) is 77.6 Å². The van der Waals surface area contributed by atoms with Crippen molar-refractivity contribution in [2.24, 2.45) is 11.7 Å². The second-order valence-electron chi connectivity index (χ2n) is 5.87. The summed E-state index contributed by atoms with van der Waals surface area (Å²) in [6.07, 6.45) is 15.9. The second kappa shape index (κ2) is 14.0. The van der Waals surface area contributed by atoms with Gasteiger partial charge in [-0.2, -0.15) is 0 Å². The summed E-state index contributed by atoms with van der Waals surface area (Å²) in [5.74, 6) is 0.369. The number of hydrogen-bond donors (Lipinski definition) is 1. The Hall–Kier alpha value is -0.370. The van der Waals surface area contributed by atoms with Crippen LogP contribution in [0.1, 0.15) is 90.9 Å². The molecule has 1 unspecified atom stereocenters. The maximum atomic E-state index is 11.2. The van der Waals surface area contributed by atoms with E-state index in [0.29, 0.717) is 6.54 Å². The van der Waals surface area contributed by atoms with E-state index in [0.717, 1.165) is 12.8 Å². The molecule has 0 aliphatic rings. The van der Waals surface area contributed by atoms with Gasteiger partial charge in [0.25, 0.3) is 0 Å². The summed E-state index contributed by atoms with van der Waals surface area (Å²) in [7, 11) is 0. The minimum atomic E-state index is 0.110. The lowest BCUT2D eigenvalue weighted by Crippen LogP contribution is -2.21. The van der Waals surface area contributed by atoms with E-state index in [4.69, 9.17) is 5.73 Å². The summed E-state index contributed by atoms with van der Waals surface area (Å²) >= 11 is 0. The third kappa shape index (κ3) is 12.4. The van der Waals surface area contributed by atoms with Crippen molar-refractivity contribution in [1.29, 1.82) is 0 Å². The predicted octanol–water partition coefficient (Wildman–Crippen LogP) is 4.85. The van der Waals surface area contributed by atoms with Crippen molar-refractivity contribution in [1.82, 2.24) is 0 Å². The van der Waals surface area contributed by atoms with E-state index in [1.165, 1.54) is 64.2 Å². The fourth-order valence-corrected chi connectivity index (χ4v) is 2.54. The average molecular weight is 269 g/mol. The fraction of sp³-hybridized carbons (Fsp3) is 0.941. The van der Waals surface area contributed by atoms with E-state index < -0.39 is 0 Å². The van der Waals surface area contributed by atoms with E-state index in [2.05, 4.69) is 6.92 Å². The minimum absolute atomic E-state index is 0.110. The Kier molecular flexibility index (Phi) is 13.8. The maximum absolute atomic E-state index is 11.2. The van der Waals surface area contributed by atoms with Crippen LogP contribution in [-0.2, 0) is 4.79 Å². The summed E-state index contributed by atoms with van der Waals surface area (Å²) in [6.45, 7) is 4.45. The van der Waals surface area contributed by atoms with E-state index in [-0.39, 0.29) is 11.7 Å². The molecule has 0 heterocycles. The van der Waals surface area contributed by atoms with Gasteiger partial charge in [0.2, 0.25) is 0 Å². The molecule has 1 atom stereocenters. The van der Waals surface area contributed by atoms with Gasteiger partial charge in [0.15, 0.2) is 0 Å². The Balaban J connectivity index is 3.16. The number of rotatable bonds is 14. The zero-order chi connectivity index (χ0) is 14.3. The van der Waals surface area contributed by atoms with Crippen LogP contribution in [-0.4, -0.2) is 12.3 Å². The molecule has 0 aromatic rings. The first kappa shape index (κ1) is 18.6. The number of Topliss-reactive ketones (excluding diaryl/α,β-unsaturated/α-hetero) is 1. The van der Waals surface area contributed by atoms with Crippen LogP contribution >= 0.6 is 0 Å². The predicted molar refractivity (Wildman–Crippen MR) is 84.3 cm³/mol. The van der Waals surface area contributed by atoms with Crippen molar-refractivity contribution in [3.05, 3.63) is 0 Å². The number of nitrogens with two attached hydrogens (primary N) is 1. The van der Waals surface area contributed by atoms with E-state index >= 15 is 0 Å². The SMILES string of the molecule is CCCCCCCCCCCCCC(CN)C(C)=O. The fourth-order valence-electron chi connectivity index (χ4n) is 2.54. The molecule has 19 heavy (non-hydrogen) atoms. The zero-order valence-corrected chi connectivity index (χ0v) is 13.3. The highest BCUT2D eigenvalue weighted by Gasteiger charge is 2.10. The Bertz CT molecular complexity index is 203. The summed E-state index contributed by atoms with van der Waals surface area (Å²) in [4.78, 5) is 11.2. The third-order valence-corrected chi connectivity index (χ3v) is 4.02. The number of carbonyl (C=O) groups excluding carboxylic acids is 1. The van der Waals surface area contributed by atoms with Crippen molar-refractivity contribution < 1.29 is 4.79 Å². The summed E-state index contributed by atoms with van der Waals surface area (Å²) in [5.41, 5.74) is 5.58. The van der Waals surface area contributed by atoms with Crippen molar-refractivity contribution in [2.75, 3.05) is 6.54 Å². The Morgan fingerprint density at radius 1 is 0.842 bits per heavy atom. The summed E-state index contributed by atoms with van der Waals surface area (Å²) in [6, 6.07) is 0. The molecule has 0 bridgehead atoms. The Morgan fingerprint density at radius 2 is 1.26 bits per heavy atom. The van der Waals surface area contributed by atoms with Crippen LogP contribution in [0.5, 0.6) is 0 Å². The van der Waals surface area contributed by atoms with Gasteiger partial charge in [0, 0.05) is 12.5 Å². The molecule has 0 aromatic heterocycles. The van der Waals surface area contributed by atoms with Gasteiger partial charge in [0.05, 0.1) is 0 Å². The van der Waals surface area contributed by atoms with Gasteiger partial charge in [-0.15, -0.1) is 0 Å². The van der Waals surface area contributed by atoms with Crippen LogP contribution < -0.4 is 5.73 Å². The summed E-state index contributed by atoms with van der Waals surface area (Å²) < 4.78 is 0. The standard InChI is InChI=1S/C17H35NO/c1-3-4-5-6-7-8-9-10-11-12-13-14-17(15-18)16(2)19/h17H,3-15,18H2,1-2H3. The molecule has 0 spiro atoms. The van der Waals surface area contributed by atoms with Gasteiger partial charge in [-0.3, -0.25) is 4.79 Å². The Labute approximate surface area is 120 Å². The molecular weight excluding hydrogens is 234 g/mol. The van der Waals surface area contributed by atoms with E-state index in [9.17, 15) is 4.79 Å². The molecule has 0 radical (unpaired) electrons. The van der Waals surface area contributed by atoms with Gasteiger partial charge in [0.1, 0.15) is 5.78 Å². The van der Waals surface area contributed by atoms with E-state index in [1.807, 2.05) is 0 Å². The topological polar surface area (TPSA) is 43.1 Å². The molecule has 0 saturated heterocycles. The van der Waals surface area contributed by atoms with Crippen molar-refractivity contribution in [3.8, 4) is 0 Å². The largest absolute Gasteiger partial charge is 0.330 e. The van der Waals surface area contributed by atoms with Gasteiger partial charge >= 0.3 is 0 Å². The lowest BCUT2D eigenvalue weighted by atomic mass is 9.97. The minimum Gasteiger partial charge on any atom is -0.330 e. The third-order valence-electron chi connectivity index (χ3n) is 4.02. The molecule has 0 rings (SSSR count). The number of carbonyl (C=O) groups is 1. The van der Waals surface area contributed by atoms with Crippen LogP contribution in [0.15, 0.2) is 0 Å². The van der Waals surface area contributed by atoms with Crippen LogP contribution in [0.3, 0.4) is 0 Å². The highest BCUT2D eigenvalue weighted by Crippen LogP contribution is 2.14. The Morgan fingerprint density at radius 3 is 1.63 bits per heavy atom. The van der Waals surface area contributed by atoms with Gasteiger partial charge in [-0.05, 0) is 13.3 Å². The lowest BCUT2D eigenvalue weighted by molar-refractivity contribution is -0.120. The quantitative estimate of drug-likeness (QED) is 0.458. The number of hydrogen-bond acceptors (Lipinski definition) is 2. The molecular formula is C17H35NO. The lowest BCUT2D eigenvalue weighted by Gasteiger charge is -2.10. The zero-order valence-electron chi connectivity index (χ0n) is 13.3. The highest BCUT2D eigenvalue weighted by atomic mass is 16.1. The number of ketones is 1. The second-order valence-corrected chi connectivity index (χ2v) is 5.87. The molecule has 0 saturated carbocycles. The van der Waals surface area contributed by atoms with Crippen molar-refractivity contribution in [2.45, 2.75) is 90.9 Å².